The van der Waals surface area contributed by atoms with Crippen LogP contribution in [0.3, 0.4) is 0 Å². The first-order valence-corrected chi connectivity index (χ1v) is 8.17. The van der Waals surface area contributed by atoms with Crippen molar-refractivity contribution in [2.75, 3.05) is 7.05 Å². The molecular formula is C12H16N2O3S2. The topological polar surface area (TPSA) is 71.3 Å². The zero-order chi connectivity index (χ0) is 13.9. The van der Waals surface area contributed by atoms with E-state index in [0.717, 1.165) is 4.88 Å². The lowest BCUT2D eigenvalue weighted by molar-refractivity contribution is 0.459. The molecule has 0 fully saturated rings. The van der Waals surface area contributed by atoms with E-state index in [0.29, 0.717) is 17.2 Å². The number of furan rings is 1. The lowest BCUT2D eigenvalue weighted by Gasteiger charge is -2.10. The van der Waals surface area contributed by atoms with Gasteiger partial charge in [-0.25, -0.2) is 13.1 Å². The van der Waals surface area contributed by atoms with Gasteiger partial charge in [-0.1, -0.05) is 0 Å². The molecule has 0 saturated carbocycles. The van der Waals surface area contributed by atoms with Gasteiger partial charge in [0.1, 0.15) is 5.76 Å². The van der Waals surface area contributed by atoms with Crippen LogP contribution in [0.2, 0.25) is 0 Å². The Labute approximate surface area is 116 Å². The van der Waals surface area contributed by atoms with E-state index in [4.69, 9.17) is 4.42 Å². The minimum atomic E-state index is -3.51. The van der Waals surface area contributed by atoms with Gasteiger partial charge in [0.15, 0.2) is 0 Å². The summed E-state index contributed by atoms with van der Waals surface area (Å²) in [5, 5.41) is 4.63. The third-order valence-corrected chi connectivity index (χ3v) is 5.20. The second-order valence-corrected chi connectivity index (χ2v) is 6.85. The molecule has 0 aliphatic heterocycles. The monoisotopic (exact) mass is 300 g/mol. The summed E-state index contributed by atoms with van der Waals surface area (Å²) in [6, 6.07) is 4.76. The average Bonchev–Trinajstić information content (AvgIpc) is 2.99. The highest BCUT2D eigenvalue weighted by Gasteiger charge is 2.21. The molecule has 0 saturated heterocycles. The lowest BCUT2D eigenvalue weighted by Crippen LogP contribution is -2.26. The van der Waals surface area contributed by atoms with Gasteiger partial charge >= 0.3 is 0 Å². The van der Waals surface area contributed by atoms with Crippen LogP contribution in [0.25, 0.3) is 0 Å². The van der Waals surface area contributed by atoms with Crippen LogP contribution in [0.1, 0.15) is 23.6 Å². The largest absolute Gasteiger partial charge is 0.468 e. The van der Waals surface area contributed by atoms with Gasteiger partial charge < -0.3 is 9.73 Å². The highest BCUT2D eigenvalue weighted by molar-refractivity contribution is 7.89. The molecule has 1 atom stereocenters. The van der Waals surface area contributed by atoms with Gasteiger partial charge in [-0.05, 0) is 32.2 Å². The Kier molecular flexibility index (Phi) is 4.41. The number of nitrogens with one attached hydrogen (secondary N) is 2. The Morgan fingerprint density at radius 1 is 1.47 bits per heavy atom. The molecule has 0 aromatic carbocycles. The average molecular weight is 300 g/mol. The predicted octanol–water partition coefficient (Wildman–Crippen LogP) is 2.10. The van der Waals surface area contributed by atoms with E-state index < -0.39 is 16.1 Å². The Hall–Kier alpha value is -1.15. The van der Waals surface area contributed by atoms with E-state index in [2.05, 4.69) is 10.0 Å². The van der Waals surface area contributed by atoms with Gasteiger partial charge in [-0.2, -0.15) is 0 Å². The third-order valence-electron chi connectivity index (χ3n) is 2.59. The highest BCUT2D eigenvalue weighted by Crippen LogP contribution is 2.22. The first-order chi connectivity index (χ1) is 9.03. The molecule has 7 heteroatoms. The maximum absolute atomic E-state index is 12.2. The summed E-state index contributed by atoms with van der Waals surface area (Å²) in [4.78, 5) is 1.27. The Bertz CT molecular complexity index is 617. The van der Waals surface area contributed by atoms with Crippen molar-refractivity contribution in [1.82, 2.24) is 10.0 Å². The van der Waals surface area contributed by atoms with Crippen molar-refractivity contribution in [2.45, 2.75) is 24.4 Å². The maximum Gasteiger partial charge on any atom is 0.242 e. The molecule has 2 N–H and O–H groups in total. The number of hydrogen-bond donors (Lipinski definition) is 2. The van der Waals surface area contributed by atoms with Crippen LogP contribution in [-0.2, 0) is 16.6 Å². The number of thiophene rings is 1. The highest BCUT2D eigenvalue weighted by atomic mass is 32.2. The van der Waals surface area contributed by atoms with Crippen molar-refractivity contribution in [3.63, 3.8) is 0 Å². The van der Waals surface area contributed by atoms with Crippen LogP contribution < -0.4 is 10.0 Å². The fraction of sp³-hybridized carbons (Fsp3) is 0.333. The normalized spacial score (nSPS) is 13.6. The summed E-state index contributed by atoms with van der Waals surface area (Å²) in [5.41, 5.74) is 0. The molecule has 0 bridgehead atoms. The molecule has 2 aromatic rings. The Morgan fingerprint density at radius 2 is 2.26 bits per heavy atom. The Morgan fingerprint density at radius 3 is 2.89 bits per heavy atom. The summed E-state index contributed by atoms with van der Waals surface area (Å²) in [7, 11) is -1.69. The van der Waals surface area contributed by atoms with Crippen molar-refractivity contribution in [1.29, 1.82) is 0 Å². The zero-order valence-corrected chi connectivity index (χ0v) is 12.3. The second-order valence-electron chi connectivity index (χ2n) is 4.14. The van der Waals surface area contributed by atoms with Crippen LogP contribution in [0.15, 0.2) is 39.2 Å². The fourth-order valence-corrected chi connectivity index (χ4v) is 4.16. The predicted molar refractivity (Wildman–Crippen MR) is 74.5 cm³/mol. The van der Waals surface area contributed by atoms with Crippen LogP contribution in [-0.4, -0.2) is 15.5 Å². The first-order valence-electron chi connectivity index (χ1n) is 5.80. The zero-order valence-electron chi connectivity index (χ0n) is 10.7. The van der Waals surface area contributed by atoms with Crippen molar-refractivity contribution < 1.29 is 12.8 Å². The van der Waals surface area contributed by atoms with E-state index in [9.17, 15) is 8.42 Å². The van der Waals surface area contributed by atoms with Crippen LogP contribution in [0, 0.1) is 0 Å². The van der Waals surface area contributed by atoms with E-state index >= 15 is 0 Å². The minimum absolute atomic E-state index is 0.293. The summed E-state index contributed by atoms with van der Waals surface area (Å²) >= 11 is 1.42. The molecule has 0 amide bonds. The molecule has 0 aliphatic rings. The lowest BCUT2D eigenvalue weighted by atomic mass is 10.3. The second kappa shape index (κ2) is 5.87. The first kappa shape index (κ1) is 14.3. The minimum Gasteiger partial charge on any atom is -0.468 e. The molecule has 0 radical (unpaired) electrons. The van der Waals surface area contributed by atoms with Gasteiger partial charge in [0, 0.05) is 16.8 Å². The quantitative estimate of drug-likeness (QED) is 0.857. The summed E-state index contributed by atoms with van der Waals surface area (Å²) < 4.78 is 32.2. The summed E-state index contributed by atoms with van der Waals surface area (Å²) in [6.07, 6.45) is 1.52. The van der Waals surface area contributed by atoms with E-state index in [1.165, 1.54) is 17.6 Å². The summed E-state index contributed by atoms with van der Waals surface area (Å²) in [6.45, 7) is 2.41. The van der Waals surface area contributed by atoms with Crippen LogP contribution >= 0.6 is 11.3 Å². The Balaban J connectivity index is 2.13. The molecule has 19 heavy (non-hydrogen) atoms. The molecule has 5 nitrogen and oxygen atoms in total. The number of rotatable bonds is 6. The van der Waals surface area contributed by atoms with Crippen molar-refractivity contribution in [2.24, 2.45) is 0 Å². The molecule has 2 rings (SSSR count). The molecule has 2 heterocycles. The molecular weight excluding hydrogens is 284 g/mol. The van der Waals surface area contributed by atoms with E-state index in [1.54, 1.807) is 30.5 Å². The number of hydrogen-bond acceptors (Lipinski definition) is 5. The third kappa shape index (κ3) is 3.44. The SMILES string of the molecule is CNCc1cc(S(=O)(=O)NC(C)c2ccco2)cs1. The molecule has 104 valence electrons. The van der Waals surface area contributed by atoms with Crippen molar-refractivity contribution in [3.8, 4) is 0 Å². The van der Waals surface area contributed by atoms with Gasteiger partial charge in [-0.15, -0.1) is 11.3 Å². The van der Waals surface area contributed by atoms with Gasteiger partial charge in [0.05, 0.1) is 17.2 Å². The fourth-order valence-electron chi connectivity index (χ4n) is 1.66. The van der Waals surface area contributed by atoms with Crippen LogP contribution in [0.4, 0.5) is 0 Å². The molecule has 1 unspecified atom stereocenters. The standard InChI is InChI=1S/C12H16N2O3S2/c1-9(12-4-3-5-17-12)14-19(15,16)11-6-10(7-13-2)18-8-11/h3-6,8-9,13-14H,7H2,1-2H3. The van der Waals surface area contributed by atoms with Gasteiger partial charge in [0.25, 0.3) is 0 Å². The molecule has 2 aromatic heterocycles. The van der Waals surface area contributed by atoms with Gasteiger partial charge in [-0.3, -0.25) is 0 Å². The van der Waals surface area contributed by atoms with Gasteiger partial charge in [0.2, 0.25) is 10.0 Å². The van der Waals surface area contributed by atoms with E-state index in [-0.39, 0.29) is 0 Å². The molecule has 0 spiro atoms. The van der Waals surface area contributed by atoms with Crippen LogP contribution in [0.5, 0.6) is 0 Å². The number of sulfonamides is 1. The van der Waals surface area contributed by atoms with Crippen molar-refractivity contribution in [3.05, 3.63) is 40.5 Å². The van der Waals surface area contributed by atoms with E-state index in [1.807, 2.05) is 7.05 Å². The maximum atomic E-state index is 12.2. The van der Waals surface area contributed by atoms with Crippen molar-refractivity contribution >= 4 is 21.4 Å². The summed E-state index contributed by atoms with van der Waals surface area (Å²) in [5.74, 6) is 0.592. The smallest absolute Gasteiger partial charge is 0.242 e. The molecule has 0 aliphatic carbocycles.